The molecule has 3 nitrogen and oxygen atoms in total. The molecule has 0 unspecified atom stereocenters. The summed E-state index contributed by atoms with van der Waals surface area (Å²) in [7, 11) is 0. The van der Waals surface area contributed by atoms with Gasteiger partial charge in [0.1, 0.15) is 12.5 Å². The molecule has 0 fully saturated rings. The molecule has 0 atom stereocenters. The third-order valence-corrected chi connectivity index (χ3v) is 2.36. The van der Waals surface area contributed by atoms with Crippen molar-refractivity contribution in [2.75, 3.05) is 19.6 Å². The summed E-state index contributed by atoms with van der Waals surface area (Å²) >= 11 is 1.66. The van der Waals surface area contributed by atoms with E-state index in [1.807, 2.05) is 25.3 Å². The minimum atomic E-state index is 0.637. The van der Waals surface area contributed by atoms with E-state index in [2.05, 4.69) is 4.31 Å². The highest BCUT2D eigenvalue weighted by molar-refractivity contribution is 7.96. The van der Waals surface area contributed by atoms with Gasteiger partial charge in [-0.05, 0) is 25.3 Å². The van der Waals surface area contributed by atoms with Crippen LogP contribution in [0.5, 0.6) is 0 Å². The van der Waals surface area contributed by atoms with Crippen molar-refractivity contribution in [1.82, 2.24) is 4.31 Å². The minimum absolute atomic E-state index is 0.637. The summed E-state index contributed by atoms with van der Waals surface area (Å²) in [4.78, 5) is 0. The summed E-state index contributed by atoms with van der Waals surface area (Å²) in [5.74, 6) is 0.967. The molecule has 0 radical (unpaired) electrons. The van der Waals surface area contributed by atoms with E-state index in [1.165, 1.54) is 0 Å². The summed E-state index contributed by atoms with van der Waals surface area (Å²) < 4.78 is 12.6. The highest BCUT2D eigenvalue weighted by atomic mass is 32.2. The predicted molar refractivity (Wildman–Crippen MR) is 54.3 cm³/mol. The first kappa shape index (κ1) is 10.6. The molecule has 0 bridgehead atoms. The lowest BCUT2D eigenvalue weighted by Gasteiger charge is -2.16. The SMILES string of the molecule is CCOCN(Cc1ccco1)SC. The van der Waals surface area contributed by atoms with Crippen LogP contribution in [0.4, 0.5) is 0 Å². The van der Waals surface area contributed by atoms with Crippen molar-refractivity contribution in [1.29, 1.82) is 0 Å². The van der Waals surface area contributed by atoms with Crippen molar-refractivity contribution in [3.63, 3.8) is 0 Å². The van der Waals surface area contributed by atoms with Gasteiger partial charge in [-0.3, -0.25) is 0 Å². The molecule has 0 aliphatic rings. The second-order valence-corrected chi connectivity index (χ2v) is 3.41. The van der Waals surface area contributed by atoms with E-state index in [-0.39, 0.29) is 0 Å². The van der Waals surface area contributed by atoms with Crippen LogP contribution < -0.4 is 0 Å². The van der Waals surface area contributed by atoms with Gasteiger partial charge in [-0.25, -0.2) is 4.31 Å². The number of rotatable bonds is 6. The van der Waals surface area contributed by atoms with Crippen LogP contribution in [0.2, 0.25) is 0 Å². The van der Waals surface area contributed by atoms with Gasteiger partial charge in [0.2, 0.25) is 0 Å². The fraction of sp³-hybridized carbons (Fsp3) is 0.556. The average molecular weight is 201 g/mol. The van der Waals surface area contributed by atoms with Crippen LogP contribution in [0.1, 0.15) is 12.7 Å². The number of furan rings is 1. The molecule has 1 heterocycles. The fourth-order valence-corrected chi connectivity index (χ4v) is 1.37. The van der Waals surface area contributed by atoms with E-state index < -0.39 is 0 Å². The zero-order valence-electron chi connectivity index (χ0n) is 8.03. The Balaban J connectivity index is 2.31. The van der Waals surface area contributed by atoms with Gasteiger partial charge in [-0.1, -0.05) is 11.9 Å². The maximum atomic E-state index is 5.30. The van der Waals surface area contributed by atoms with Crippen molar-refractivity contribution in [2.24, 2.45) is 0 Å². The highest BCUT2D eigenvalue weighted by Gasteiger charge is 2.05. The Bertz CT molecular complexity index is 213. The smallest absolute Gasteiger partial charge is 0.118 e. The van der Waals surface area contributed by atoms with Gasteiger partial charge in [0.15, 0.2) is 0 Å². The van der Waals surface area contributed by atoms with Crippen molar-refractivity contribution in [2.45, 2.75) is 13.5 Å². The van der Waals surface area contributed by atoms with Gasteiger partial charge in [0.25, 0.3) is 0 Å². The molecule has 1 aromatic heterocycles. The molecular formula is C9H15NO2S. The molecule has 0 spiro atoms. The number of hydrogen-bond acceptors (Lipinski definition) is 4. The first-order chi connectivity index (χ1) is 6.36. The van der Waals surface area contributed by atoms with Crippen LogP contribution in [-0.2, 0) is 11.3 Å². The van der Waals surface area contributed by atoms with Crippen molar-refractivity contribution in [3.05, 3.63) is 24.2 Å². The maximum absolute atomic E-state index is 5.30. The predicted octanol–water partition coefficient (Wildman–Crippen LogP) is 2.35. The number of nitrogens with zero attached hydrogens (tertiary/aromatic N) is 1. The van der Waals surface area contributed by atoms with Gasteiger partial charge in [-0.2, -0.15) is 0 Å². The third-order valence-electron chi connectivity index (χ3n) is 1.61. The second kappa shape index (κ2) is 6.07. The van der Waals surface area contributed by atoms with E-state index in [1.54, 1.807) is 18.2 Å². The molecule has 0 aliphatic carbocycles. The van der Waals surface area contributed by atoms with E-state index in [0.29, 0.717) is 6.73 Å². The Labute approximate surface area is 83.2 Å². The van der Waals surface area contributed by atoms with Gasteiger partial charge in [-0.15, -0.1) is 0 Å². The van der Waals surface area contributed by atoms with E-state index in [0.717, 1.165) is 18.9 Å². The standard InChI is InChI=1S/C9H15NO2S/c1-3-11-8-10(13-2)7-9-5-4-6-12-9/h4-6H,3,7-8H2,1-2H3. The maximum Gasteiger partial charge on any atom is 0.118 e. The normalized spacial score (nSPS) is 11.0. The van der Waals surface area contributed by atoms with Gasteiger partial charge in [0, 0.05) is 6.61 Å². The van der Waals surface area contributed by atoms with Crippen molar-refractivity contribution < 1.29 is 9.15 Å². The Morgan fingerprint density at radius 2 is 2.46 bits per heavy atom. The highest BCUT2D eigenvalue weighted by Crippen LogP contribution is 2.12. The molecule has 0 N–H and O–H groups in total. The summed E-state index contributed by atoms with van der Waals surface area (Å²) in [6, 6.07) is 3.86. The average Bonchev–Trinajstić information content (AvgIpc) is 2.64. The Morgan fingerprint density at radius 1 is 1.62 bits per heavy atom. The Morgan fingerprint density at radius 3 is 3.00 bits per heavy atom. The molecule has 1 aromatic rings. The van der Waals surface area contributed by atoms with E-state index in [9.17, 15) is 0 Å². The lowest BCUT2D eigenvalue weighted by atomic mass is 10.4. The van der Waals surface area contributed by atoms with E-state index in [4.69, 9.17) is 9.15 Å². The molecule has 0 amide bonds. The number of hydrogen-bond donors (Lipinski definition) is 0. The minimum Gasteiger partial charge on any atom is -0.468 e. The molecular weight excluding hydrogens is 186 g/mol. The Kier molecular flexibility index (Phi) is 4.97. The first-order valence-electron chi connectivity index (χ1n) is 4.26. The zero-order chi connectivity index (χ0) is 9.52. The lowest BCUT2D eigenvalue weighted by molar-refractivity contribution is 0.0807. The molecule has 4 heteroatoms. The van der Waals surface area contributed by atoms with Gasteiger partial charge < -0.3 is 9.15 Å². The Hall–Kier alpha value is -0.450. The quantitative estimate of drug-likeness (QED) is 0.521. The fourth-order valence-electron chi connectivity index (χ4n) is 0.932. The van der Waals surface area contributed by atoms with Crippen LogP contribution >= 0.6 is 11.9 Å². The third kappa shape index (κ3) is 3.85. The molecule has 13 heavy (non-hydrogen) atoms. The van der Waals surface area contributed by atoms with Gasteiger partial charge >= 0.3 is 0 Å². The van der Waals surface area contributed by atoms with Gasteiger partial charge in [0.05, 0.1) is 12.8 Å². The molecule has 1 rings (SSSR count). The van der Waals surface area contributed by atoms with Crippen molar-refractivity contribution in [3.8, 4) is 0 Å². The summed E-state index contributed by atoms with van der Waals surface area (Å²) in [5.41, 5.74) is 0. The summed E-state index contributed by atoms with van der Waals surface area (Å²) in [6.07, 6.45) is 3.72. The molecule has 0 aliphatic heterocycles. The number of ether oxygens (including phenoxy) is 1. The topological polar surface area (TPSA) is 25.6 Å². The van der Waals surface area contributed by atoms with Crippen LogP contribution in [0.25, 0.3) is 0 Å². The van der Waals surface area contributed by atoms with Crippen LogP contribution in [0.3, 0.4) is 0 Å². The molecule has 74 valence electrons. The zero-order valence-corrected chi connectivity index (χ0v) is 8.84. The van der Waals surface area contributed by atoms with Crippen LogP contribution in [0.15, 0.2) is 22.8 Å². The summed E-state index contributed by atoms with van der Waals surface area (Å²) in [6.45, 7) is 4.16. The summed E-state index contributed by atoms with van der Waals surface area (Å²) in [5, 5.41) is 0. The largest absolute Gasteiger partial charge is 0.468 e. The van der Waals surface area contributed by atoms with E-state index >= 15 is 0 Å². The monoisotopic (exact) mass is 201 g/mol. The second-order valence-electron chi connectivity index (χ2n) is 2.52. The van der Waals surface area contributed by atoms with Crippen molar-refractivity contribution >= 4 is 11.9 Å². The van der Waals surface area contributed by atoms with Crippen LogP contribution in [0, 0.1) is 0 Å². The molecule has 0 saturated carbocycles. The molecule has 0 saturated heterocycles. The lowest BCUT2D eigenvalue weighted by Crippen LogP contribution is -2.18. The molecule has 0 aromatic carbocycles. The first-order valence-corrected chi connectivity index (χ1v) is 5.44. The van der Waals surface area contributed by atoms with Crippen LogP contribution in [-0.4, -0.2) is 23.9 Å².